The highest BCUT2D eigenvalue weighted by atomic mass is 19.4. The summed E-state index contributed by atoms with van der Waals surface area (Å²) in [7, 11) is 0. The molecule has 0 aliphatic carbocycles. The average molecular weight is 280 g/mol. The van der Waals surface area contributed by atoms with Gasteiger partial charge >= 0.3 is 6.18 Å². The number of hydrogen-bond acceptors (Lipinski definition) is 4. The Morgan fingerprint density at radius 1 is 1.00 bits per heavy atom. The fraction of sp³-hybridized carbons (Fsp3) is 0.0833. The number of anilines is 1. The Morgan fingerprint density at radius 3 is 2.05 bits per heavy atom. The van der Waals surface area contributed by atoms with Crippen LogP contribution in [0.15, 0.2) is 29.5 Å². The molecule has 20 heavy (non-hydrogen) atoms. The fourth-order valence-electron chi connectivity index (χ4n) is 1.25. The molecule has 1 aromatic rings. The van der Waals surface area contributed by atoms with Gasteiger partial charge in [-0.15, -0.1) is 0 Å². The van der Waals surface area contributed by atoms with Crippen molar-refractivity contribution in [2.45, 2.75) is 6.18 Å². The molecule has 0 bridgehead atoms. The van der Waals surface area contributed by atoms with Gasteiger partial charge < -0.3 is 5.32 Å². The SMILES string of the molecule is N#CC(C#N)=C(C#N)Nc1cc(F)cc(C(F)(F)F)c1. The number of nitriles is 3. The summed E-state index contributed by atoms with van der Waals surface area (Å²) in [5.74, 6) is -1.17. The molecule has 4 nitrogen and oxygen atoms in total. The van der Waals surface area contributed by atoms with Gasteiger partial charge in [0.25, 0.3) is 0 Å². The Balaban J connectivity index is 3.28. The second kappa shape index (κ2) is 5.73. The Bertz CT molecular complexity index is 667. The number of nitrogens with zero attached hydrogens (tertiary/aromatic N) is 3. The molecule has 0 aliphatic rings. The summed E-state index contributed by atoms with van der Waals surface area (Å²) in [6, 6.07) is 5.81. The highest BCUT2D eigenvalue weighted by molar-refractivity contribution is 5.59. The molecule has 1 aromatic carbocycles. The van der Waals surface area contributed by atoms with Gasteiger partial charge in [-0.05, 0) is 18.2 Å². The topological polar surface area (TPSA) is 83.4 Å². The minimum Gasteiger partial charge on any atom is -0.345 e. The second-order valence-electron chi connectivity index (χ2n) is 3.44. The van der Waals surface area contributed by atoms with E-state index in [1.165, 1.54) is 18.2 Å². The number of alkyl halides is 3. The molecule has 0 heterocycles. The maximum Gasteiger partial charge on any atom is 0.416 e. The third kappa shape index (κ3) is 3.47. The molecule has 0 amide bonds. The van der Waals surface area contributed by atoms with E-state index in [-0.39, 0.29) is 6.07 Å². The lowest BCUT2D eigenvalue weighted by Crippen LogP contribution is -2.08. The lowest BCUT2D eigenvalue weighted by atomic mass is 10.1. The fourth-order valence-corrected chi connectivity index (χ4v) is 1.25. The van der Waals surface area contributed by atoms with E-state index in [0.29, 0.717) is 12.1 Å². The lowest BCUT2D eigenvalue weighted by Gasteiger charge is -2.10. The van der Waals surface area contributed by atoms with Crippen LogP contribution >= 0.6 is 0 Å². The standard InChI is InChI=1S/C12H4F4N4/c13-9-1-8(12(14,15)16)2-10(3-9)20-11(6-19)7(4-17)5-18/h1-3,20H. The molecule has 1 N–H and O–H groups in total. The molecule has 0 fully saturated rings. The van der Waals surface area contributed by atoms with E-state index in [9.17, 15) is 17.6 Å². The Kier molecular flexibility index (Phi) is 4.30. The van der Waals surface area contributed by atoms with Crippen molar-refractivity contribution in [3.8, 4) is 18.2 Å². The van der Waals surface area contributed by atoms with Crippen molar-refractivity contribution >= 4 is 5.69 Å². The van der Waals surface area contributed by atoms with Crippen molar-refractivity contribution in [2.75, 3.05) is 5.32 Å². The monoisotopic (exact) mass is 280 g/mol. The Labute approximate surface area is 110 Å². The number of benzene rings is 1. The molecule has 0 aliphatic heterocycles. The van der Waals surface area contributed by atoms with Crippen LogP contribution in [0, 0.1) is 39.8 Å². The van der Waals surface area contributed by atoms with Crippen molar-refractivity contribution in [3.63, 3.8) is 0 Å². The number of hydrogen-bond donors (Lipinski definition) is 1. The first-order valence-electron chi connectivity index (χ1n) is 4.91. The van der Waals surface area contributed by atoms with E-state index >= 15 is 0 Å². The summed E-state index contributed by atoms with van der Waals surface area (Å²) < 4.78 is 50.6. The second-order valence-corrected chi connectivity index (χ2v) is 3.44. The van der Waals surface area contributed by atoms with Crippen molar-refractivity contribution in [2.24, 2.45) is 0 Å². The predicted molar refractivity (Wildman–Crippen MR) is 58.9 cm³/mol. The summed E-state index contributed by atoms with van der Waals surface area (Å²) in [4.78, 5) is 0. The normalized spacial score (nSPS) is 9.85. The molecule has 0 unspecified atom stereocenters. The van der Waals surface area contributed by atoms with Crippen LogP contribution in [-0.4, -0.2) is 0 Å². The van der Waals surface area contributed by atoms with E-state index < -0.39 is 34.5 Å². The summed E-state index contributed by atoms with van der Waals surface area (Å²) in [5, 5.41) is 28.0. The molecule has 1 rings (SSSR count). The van der Waals surface area contributed by atoms with Crippen LogP contribution in [0.25, 0.3) is 0 Å². The first-order valence-corrected chi connectivity index (χ1v) is 4.91. The summed E-state index contributed by atoms with van der Waals surface area (Å²) >= 11 is 0. The van der Waals surface area contributed by atoms with Crippen molar-refractivity contribution in [3.05, 3.63) is 40.8 Å². The van der Waals surface area contributed by atoms with Gasteiger partial charge in [0.1, 0.15) is 29.7 Å². The largest absolute Gasteiger partial charge is 0.416 e. The van der Waals surface area contributed by atoms with E-state index in [2.05, 4.69) is 5.32 Å². The molecule has 0 saturated carbocycles. The predicted octanol–water partition coefficient (Wildman–Crippen LogP) is 3.08. The maximum absolute atomic E-state index is 13.1. The molecule has 0 spiro atoms. The first kappa shape index (κ1) is 15.0. The van der Waals surface area contributed by atoms with Crippen molar-refractivity contribution < 1.29 is 17.6 Å². The molecular formula is C12H4F4N4. The first-order chi connectivity index (χ1) is 9.31. The van der Waals surface area contributed by atoms with Gasteiger partial charge in [-0.2, -0.15) is 29.0 Å². The van der Waals surface area contributed by atoms with E-state index in [0.717, 1.165) is 0 Å². The van der Waals surface area contributed by atoms with Crippen LogP contribution in [0.2, 0.25) is 0 Å². The van der Waals surface area contributed by atoms with E-state index in [1.807, 2.05) is 0 Å². The average Bonchev–Trinajstić information content (AvgIpc) is 2.37. The molecule has 0 aromatic heterocycles. The molecule has 0 atom stereocenters. The zero-order valence-electron chi connectivity index (χ0n) is 9.59. The molecule has 100 valence electrons. The zero-order valence-corrected chi connectivity index (χ0v) is 9.59. The summed E-state index contributed by atoms with van der Waals surface area (Å²) in [6.07, 6.45) is -4.76. The van der Waals surface area contributed by atoms with E-state index in [1.54, 1.807) is 0 Å². The van der Waals surface area contributed by atoms with Crippen LogP contribution < -0.4 is 5.32 Å². The van der Waals surface area contributed by atoms with Crippen LogP contribution in [0.5, 0.6) is 0 Å². The van der Waals surface area contributed by atoms with Crippen LogP contribution in [-0.2, 0) is 6.18 Å². The quantitative estimate of drug-likeness (QED) is 0.666. The maximum atomic E-state index is 13.1. The Morgan fingerprint density at radius 2 is 1.60 bits per heavy atom. The number of allylic oxidation sites excluding steroid dienone is 2. The van der Waals surface area contributed by atoms with Gasteiger partial charge in [-0.1, -0.05) is 0 Å². The molecule has 0 saturated heterocycles. The summed E-state index contributed by atoms with van der Waals surface area (Å²) in [6.45, 7) is 0. The van der Waals surface area contributed by atoms with Crippen LogP contribution in [0.1, 0.15) is 5.56 Å². The van der Waals surface area contributed by atoms with Crippen LogP contribution in [0.4, 0.5) is 23.2 Å². The molecular weight excluding hydrogens is 276 g/mol. The third-order valence-electron chi connectivity index (χ3n) is 2.08. The molecule has 8 heteroatoms. The minimum atomic E-state index is -4.76. The highest BCUT2D eigenvalue weighted by Gasteiger charge is 2.31. The van der Waals surface area contributed by atoms with E-state index in [4.69, 9.17) is 15.8 Å². The van der Waals surface area contributed by atoms with Gasteiger partial charge in [0.15, 0.2) is 5.57 Å². The van der Waals surface area contributed by atoms with Crippen molar-refractivity contribution in [1.29, 1.82) is 15.8 Å². The van der Waals surface area contributed by atoms with Gasteiger partial charge in [-0.3, -0.25) is 0 Å². The zero-order chi connectivity index (χ0) is 15.3. The highest BCUT2D eigenvalue weighted by Crippen LogP contribution is 2.32. The summed E-state index contributed by atoms with van der Waals surface area (Å²) in [5.41, 5.74) is -2.83. The van der Waals surface area contributed by atoms with Gasteiger partial charge in [0.05, 0.1) is 5.56 Å². The third-order valence-corrected chi connectivity index (χ3v) is 2.08. The van der Waals surface area contributed by atoms with Crippen LogP contribution in [0.3, 0.4) is 0 Å². The van der Waals surface area contributed by atoms with Gasteiger partial charge in [-0.25, -0.2) is 4.39 Å². The minimum absolute atomic E-state index is 0.288. The Hall–Kier alpha value is -3.05. The van der Waals surface area contributed by atoms with Gasteiger partial charge in [0.2, 0.25) is 0 Å². The molecule has 0 radical (unpaired) electrons. The lowest BCUT2D eigenvalue weighted by molar-refractivity contribution is -0.137. The number of nitrogens with one attached hydrogen (secondary N) is 1. The number of halogens is 4. The van der Waals surface area contributed by atoms with Crippen molar-refractivity contribution in [1.82, 2.24) is 0 Å². The van der Waals surface area contributed by atoms with Gasteiger partial charge in [0, 0.05) is 5.69 Å². The smallest absolute Gasteiger partial charge is 0.345 e. The number of rotatable bonds is 2.